The lowest BCUT2D eigenvalue weighted by molar-refractivity contribution is 0.0250. The first-order valence-corrected chi connectivity index (χ1v) is 10.7. The van der Waals surface area contributed by atoms with E-state index in [1.807, 2.05) is 20.2 Å². The Kier molecular flexibility index (Phi) is 5.44. The van der Waals surface area contributed by atoms with Gasteiger partial charge in [-0.15, -0.1) is 0 Å². The van der Waals surface area contributed by atoms with Crippen LogP contribution in [0.4, 0.5) is 11.4 Å². The Hall–Kier alpha value is -3.34. The summed E-state index contributed by atoms with van der Waals surface area (Å²) in [6, 6.07) is 16.5. The highest BCUT2D eigenvalue weighted by Gasteiger charge is 2.49. The van der Waals surface area contributed by atoms with E-state index in [1.165, 1.54) is 5.69 Å². The fourth-order valence-electron chi connectivity index (χ4n) is 4.51. The van der Waals surface area contributed by atoms with Gasteiger partial charge < -0.3 is 14.5 Å². The Morgan fingerprint density at radius 2 is 1.61 bits per heavy atom. The highest BCUT2D eigenvalue weighted by atomic mass is 16.6. The monoisotopic (exact) mass is 415 g/mol. The zero-order valence-corrected chi connectivity index (χ0v) is 18.8. The molecule has 160 valence electrons. The van der Waals surface area contributed by atoms with Gasteiger partial charge >= 0.3 is 5.97 Å². The maximum Gasteiger partial charge on any atom is 0.341 e. The Balaban J connectivity index is 1.94. The Bertz CT molecular complexity index is 1100. The van der Waals surface area contributed by atoms with Crippen molar-refractivity contribution in [3.05, 3.63) is 88.7 Å². The van der Waals surface area contributed by atoms with Crippen molar-refractivity contribution >= 4 is 17.3 Å². The Labute approximate surface area is 184 Å². The first-order valence-electron chi connectivity index (χ1n) is 10.7. The summed E-state index contributed by atoms with van der Waals surface area (Å²) in [5.41, 5.74) is 5.60. The van der Waals surface area contributed by atoms with Gasteiger partial charge in [0.05, 0.1) is 5.56 Å². The summed E-state index contributed by atoms with van der Waals surface area (Å²) in [7, 11) is 4.02. The molecule has 0 bridgehead atoms. The van der Waals surface area contributed by atoms with E-state index in [0.29, 0.717) is 5.56 Å². The second kappa shape index (κ2) is 8.06. The minimum absolute atomic E-state index is 0.341. The summed E-state index contributed by atoms with van der Waals surface area (Å²) in [6.45, 7) is 8.28. The summed E-state index contributed by atoms with van der Waals surface area (Å²) in [4.78, 5) is 21.4. The van der Waals surface area contributed by atoms with Gasteiger partial charge in [0.1, 0.15) is 0 Å². The molecule has 0 fully saturated rings. The molecule has 1 aliphatic heterocycles. The smallest absolute Gasteiger partial charge is 0.341 e. The third-order valence-electron chi connectivity index (χ3n) is 6.17. The van der Waals surface area contributed by atoms with Crippen LogP contribution in [0, 0.1) is 6.92 Å². The second-order valence-corrected chi connectivity index (χ2v) is 8.10. The summed E-state index contributed by atoms with van der Waals surface area (Å²) < 4.78 is 6.22. The molecular formula is C26H29N3O2. The van der Waals surface area contributed by atoms with Gasteiger partial charge in [0.15, 0.2) is 5.60 Å². The van der Waals surface area contributed by atoms with Gasteiger partial charge in [0.2, 0.25) is 0 Å². The van der Waals surface area contributed by atoms with E-state index in [2.05, 4.69) is 78.0 Å². The molecule has 3 aromatic rings. The van der Waals surface area contributed by atoms with Crippen LogP contribution < -0.4 is 9.80 Å². The van der Waals surface area contributed by atoms with E-state index in [4.69, 9.17) is 4.74 Å². The van der Waals surface area contributed by atoms with Crippen LogP contribution in [0.1, 0.15) is 46.5 Å². The lowest BCUT2D eigenvalue weighted by Crippen LogP contribution is -2.31. The zero-order chi connectivity index (χ0) is 22.2. The SMILES string of the molecule is CCN(CC)c1ccc(C2(c3ccc(N(C)C)cc3)OC(=O)c3cnccc32)c(C)c1. The number of nitrogens with zero attached hydrogens (tertiary/aromatic N) is 3. The molecule has 2 aromatic carbocycles. The fraction of sp³-hybridized carbons (Fsp3) is 0.308. The lowest BCUT2D eigenvalue weighted by atomic mass is 9.78. The lowest BCUT2D eigenvalue weighted by Gasteiger charge is -2.33. The number of benzene rings is 2. The number of hydrogen-bond donors (Lipinski definition) is 0. The van der Waals surface area contributed by atoms with Gasteiger partial charge in [-0.3, -0.25) is 4.98 Å². The molecule has 0 saturated heterocycles. The van der Waals surface area contributed by atoms with Crippen molar-refractivity contribution in [2.24, 2.45) is 0 Å². The number of aromatic nitrogens is 1. The number of aryl methyl sites for hydroxylation is 1. The van der Waals surface area contributed by atoms with E-state index in [9.17, 15) is 4.79 Å². The first kappa shape index (κ1) is 20.9. The van der Waals surface area contributed by atoms with Crippen molar-refractivity contribution in [2.75, 3.05) is 37.0 Å². The maximum atomic E-state index is 12.9. The molecule has 5 heteroatoms. The summed E-state index contributed by atoms with van der Waals surface area (Å²) in [5.74, 6) is -0.341. The largest absolute Gasteiger partial charge is 0.441 e. The van der Waals surface area contributed by atoms with Crippen molar-refractivity contribution in [1.29, 1.82) is 0 Å². The molecule has 0 N–H and O–H groups in total. The normalized spacial score (nSPS) is 17.3. The van der Waals surface area contributed by atoms with Crippen LogP contribution in [0.15, 0.2) is 60.9 Å². The molecule has 1 unspecified atom stereocenters. The van der Waals surface area contributed by atoms with Gasteiger partial charge in [-0.1, -0.05) is 18.2 Å². The number of carbonyl (C=O) groups is 1. The number of ether oxygens (including phenoxy) is 1. The van der Waals surface area contributed by atoms with Crippen LogP contribution in [0.2, 0.25) is 0 Å². The van der Waals surface area contributed by atoms with E-state index >= 15 is 0 Å². The quantitative estimate of drug-likeness (QED) is 0.543. The van der Waals surface area contributed by atoms with Crippen LogP contribution in [-0.4, -0.2) is 38.1 Å². The molecule has 31 heavy (non-hydrogen) atoms. The van der Waals surface area contributed by atoms with Gasteiger partial charge in [-0.25, -0.2) is 4.79 Å². The van der Waals surface area contributed by atoms with Gasteiger partial charge in [-0.2, -0.15) is 0 Å². The molecule has 0 saturated carbocycles. The molecule has 4 rings (SSSR count). The van der Waals surface area contributed by atoms with Crippen molar-refractivity contribution in [2.45, 2.75) is 26.4 Å². The Morgan fingerprint density at radius 1 is 0.935 bits per heavy atom. The van der Waals surface area contributed by atoms with Crippen LogP contribution in [0.5, 0.6) is 0 Å². The number of hydrogen-bond acceptors (Lipinski definition) is 5. The summed E-state index contributed by atoms with van der Waals surface area (Å²) in [5, 5.41) is 0. The summed E-state index contributed by atoms with van der Waals surface area (Å²) >= 11 is 0. The van der Waals surface area contributed by atoms with Crippen molar-refractivity contribution < 1.29 is 9.53 Å². The van der Waals surface area contributed by atoms with Crippen LogP contribution in [0.25, 0.3) is 0 Å². The highest BCUT2D eigenvalue weighted by Crippen LogP contribution is 2.48. The second-order valence-electron chi connectivity index (χ2n) is 8.10. The molecule has 0 radical (unpaired) electrons. The zero-order valence-electron chi connectivity index (χ0n) is 18.8. The number of pyridine rings is 1. The van der Waals surface area contributed by atoms with E-state index in [-0.39, 0.29) is 5.97 Å². The third kappa shape index (κ3) is 3.34. The molecule has 1 aliphatic rings. The minimum Gasteiger partial charge on any atom is -0.441 e. The van der Waals surface area contributed by atoms with Crippen molar-refractivity contribution in [3.8, 4) is 0 Å². The molecule has 5 nitrogen and oxygen atoms in total. The predicted molar refractivity (Wildman–Crippen MR) is 125 cm³/mol. The van der Waals surface area contributed by atoms with Crippen molar-refractivity contribution in [3.63, 3.8) is 0 Å². The number of carbonyl (C=O) groups excluding carboxylic acids is 1. The van der Waals surface area contributed by atoms with Crippen molar-refractivity contribution in [1.82, 2.24) is 4.98 Å². The number of rotatable bonds is 6. The summed E-state index contributed by atoms with van der Waals surface area (Å²) in [6.07, 6.45) is 3.33. The topological polar surface area (TPSA) is 45.7 Å². The third-order valence-corrected chi connectivity index (χ3v) is 6.17. The molecule has 0 aliphatic carbocycles. The molecule has 1 aromatic heterocycles. The van der Waals surface area contributed by atoms with E-state index in [1.54, 1.807) is 12.4 Å². The number of cyclic esters (lactones) is 1. The number of fused-ring (bicyclic) bond motifs is 1. The fourth-order valence-corrected chi connectivity index (χ4v) is 4.51. The average Bonchev–Trinajstić information content (AvgIpc) is 3.08. The number of esters is 1. The molecule has 0 spiro atoms. The average molecular weight is 416 g/mol. The van der Waals surface area contributed by atoms with Crippen LogP contribution in [0.3, 0.4) is 0 Å². The Morgan fingerprint density at radius 3 is 2.23 bits per heavy atom. The van der Waals surface area contributed by atoms with Gasteiger partial charge in [0, 0.05) is 67.6 Å². The van der Waals surface area contributed by atoms with Crippen LogP contribution in [-0.2, 0) is 10.3 Å². The first-order chi connectivity index (χ1) is 14.9. The molecule has 0 amide bonds. The van der Waals surface area contributed by atoms with Gasteiger partial charge in [-0.05, 0) is 56.7 Å². The number of anilines is 2. The van der Waals surface area contributed by atoms with Gasteiger partial charge in [0.25, 0.3) is 0 Å². The van der Waals surface area contributed by atoms with E-state index in [0.717, 1.165) is 41.0 Å². The van der Waals surface area contributed by atoms with E-state index < -0.39 is 5.60 Å². The minimum atomic E-state index is -0.994. The van der Waals surface area contributed by atoms with Crippen LogP contribution >= 0.6 is 0 Å². The predicted octanol–water partition coefficient (Wildman–Crippen LogP) is 4.76. The molecule has 1 atom stereocenters. The molecular weight excluding hydrogens is 386 g/mol. The maximum absolute atomic E-state index is 12.9. The highest BCUT2D eigenvalue weighted by molar-refractivity contribution is 5.96. The standard InChI is InChI=1S/C26H29N3O2/c1-6-29(7-2)21-12-13-23(18(3)16-21)26(19-8-10-20(11-9-19)28(4)5)24-14-15-27-17-22(24)25(30)31-26/h8-17H,6-7H2,1-5H3. The molecule has 2 heterocycles.